The maximum Gasteiger partial charge on any atom is 0.259 e. The van der Waals surface area contributed by atoms with E-state index >= 15 is 0 Å². The van der Waals surface area contributed by atoms with Crippen LogP contribution in [0.25, 0.3) is 0 Å². The second-order valence-corrected chi connectivity index (χ2v) is 5.07. The summed E-state index contributed by atoms with van der Waals surface area (Å²) in [5.74, 6) is 0.303. The number of amides is 1. The van der Waals surface area contributed by atoms with Crippen molar-refractivity contribution in [3.8, 4) is 5.75 Å². The van der Waals surface area contributed by atoms with Crippen LogP contribution in [0.15, 0.2) is 42.5 Å². The molecule has 2 aromatic carbocycles. The molecule has 2 rings (SSSR count). The smallest absolute Gasteiger partial charge is 0.259 e. The highest BCUT2D eigenvalue weighted by molar-refractivity contribution is 6.06. The van der Waals surface area contributed by atoms with Crippen LogP contribution in [-0.4, -0.2) is 25.7 Å². The number of ether oxygens (including phenoxy) is 2. The maximum absolute atomic E-state index is 12.5. The molecule has 5 nitrogen and oxygen atoms in total. The number of anilines is 2. The van der Waals surface area contributed by atoms with E-state index < -0.39 is 0 Å². The Morgan fingerprint density at radius 2 is 1.96 bits per heavy atom. The van der Waals surface area contributed by atoms with Crippen molar-refractivity contribution in [2.75, 3.05) is 30.9 Å². The molecule has 0 saturated carbocycles. The lowest BCUT2D eigenvalue weighted by Crippen LogP contribution is -2.15. The molecule has 2 aromatic rings. The van der Waals surface area contributed by atoms with Gasteiger partial charge in [-0.05, 0) is 43.7 Å². The molecule has 3 N–H and O–H groups in total. The number of hydrogen-bond acceptors (Lipinski definition) is 4. The fourth-order valence-electron chi connectivity index (χ4n) is 2.10. The monoisotopic (exact) mass is 314 g/mol. The summed E-state index contributed by atoms with van der Waals surface area (Å²) in [6.07, 6.45) is 0. The van der Waals surface area contributed by atoms with Crippen LogP contribution in [0.5, 0.6) is 5.75 Å². The summed E-state index contributed by atoms with van der Waals surface area (Å²) < 4.78 is 10.9. The van der Waals surface area contributed by atoms with Gasteiger partial charge >= 0.3 is 0 Å². The standard InChI is InChI=1S/C18H22N2O3/c1-3-22-10-11-23-17-7-5-4-6-15(17)18(21)20-16-12-14(19)9-8-13(16)2/h4-9,12H,3,10-11,19H2,1-2H3,(H,20,21). The number of aryl methyl sites for hydroxylation is 1. The topological polar surface area (TPSA) is 73.6 Å². The molecule has 0 atom stereocenters. The summed E-state index contributed by atoms with van der Waals surface area (Å²) >= 11 is 0. The van der Waals surface area contributed by atoms with Gasteiger partial charge in [0.2, 0.25) is 0 Å². The van der Waals surface area contributed by atoms with Gasteiger partial charge in [-0.1, -0.05) is 18.2 Å². The normalized spacial score (nSPS) is 10.3. The number of hydrogen-bond donors (Lipinski definition) is 2. The molecule has 0 heterocycles. The second kappa shape index (κ2) is 8.19. The lowest BCUT2D eigenvalue weighted by molar-refractivity contribution is 0.0998. The van der Waals surface area contributed by atoms with E-state index in [4.69, 9.17) is 15.2 Å². The third-order valence-electron chi connectivity index (χ3n) is 3.33. The predicted octanol–water partition coefficient (Wildman–Crippen LogP) is 3.24. The van der Waals surface area contributed by atoms with Crippen molar-refractivity contribution in [1.29, 1.82) is 0 Å². The number of carbonyl (C=O) groups excluding carboxylic acids is 1. The van der Waals surface area contributed by atoms with E-state index in [1.807, 2.05) is 26.0 Å². The van der Waals surface area contributed by atoms with Crippen molar-refractivity contribution >= 4 is 17.3 Å². The Labute approximate surface area is 136 Å². The zero-order chi connectivity index (χ0) is 16.7. The van der Waals surface area contributed by atoms with Crippen LogP contribution in [0.3, 0.4) is 0 Å². The molecule has 5 heteroatoms. The van der Waals surface area contributed by atoms with E-state index in [0.29, 0.717) is 42.5 Å². The van der Waals surface area contributed by atoms with Crippen LogP contribution in [0.1, 0.15) is 22.8 Å². The van der Waals surface area contributed by atoms with Crippen LogP contribution in [0.2, 0.25) is 0 Å². The Morgan fingerprint density at radius 1 is 1.17 bits per heavy atom. The lowest BCUT2D eigenvalue weighted by atomic mass is 10.1. The first-order valence-electron chi connectivity index (χ1n) is 7.59. The zero-order valence-electron chi connectivity index (χ0n) is 13.5. The van der Waals surface area contributed by atoms with Gasteiger partial charge in [-0.15, -0.1) is 0 Å². The van der Waals surface area contributed by atoms with Crippen molar-refractivity contribution in [1.82, 2.24) is 0 Å². The summed E-state index contributed by atoms with van der Waals surface area (Å²) in [6.45, 7) is 5.37. The van der Waals surface area contributed by atoms with E-state index in [9.17, 15) is 4.79 Å². The van der Waals surface area contributed by atoms with Crippen molar-refractivity contribution < 1.29 is 14.3 Å². The third kappa shape index (κ3) is 4.72. The van der Waals surface area contributed by atoms with E-state index in [2.05, 4.69) is 5.32 Å². The van der Waals surface area contributed by atoms with E-state index in [-0.39, 0.29) is 5.91 Å². The average Bonchev–Trinajstić information content (AvgIpc) is 2.55. The molecule has 23 heavy (non-hydrogen) atoms. The molecule has 0 spiro atoms. The number of rotatable bonds is 7. The summed E-state index contributed by atoms with van der Waals surface area (Å²) in [5, 5.41) is 2.88. The van der Waals surface area contributed by atoms with Crippen molar-refractivity contribution in [2.24, 2.45) is 0 Å². The molecule has 0 aliphatic carbocycles. The number of benzene rings is 2. The van der Waals surface area contributed by atoms with E-state index in [1.165, 1.54) is 0 Å². The summed E-state index contributed by atoms with van der Waals surface area (Å²) in [4.78, 5) is 12.5. The van der Waals surface area contributed by atoms with Gasteiger partial charge in [-0.25, -0.2) is 0 Å². The van der Waals surface area contributed by atoms with E-state index in [0.717, 1.165) is 5.56 Å². The number of carbonyl (C=O) groups is 1. The van der Waals surface area contributed by atoms with Crippen molar-refractivity contribution in [3.05, 3.63) is 53.6 Å². The van der Waals surface area contributed by atoms with Crippen LogP contribution in [-0.2, 0) is 4.74 Å². The van der Waals surface area contributed by atoms with Gasteiger partial charge in [-0.3, -0.25) is 4.79 Å². The Kier molecular flexibility index (Phi) is 6.00. The Morgan fingerprint density at radius 3 is 2.74 bits per heavy atom. The molecular formula is C18H22N2O3. The number of nitrogens with one attached hydrogen (secondary N) is 1. The first-order chi connectivity index (χ1) is 11.1. The van der Waals surface area contributed by atoms with Gasteiger partial charge in [0, 0.05) is 18.0 Å². The minimum Gasteiger partial charge on any atom is -0.490 e. The van der Waals surface area contributed by atoms with Gasteiger partial charge in [0.05, 0.1) is 12.2 Å². The first kappa shape index (κ1) is 16.8. The highest BCUT2D eigenvalue weighted by Crippen LogP contribution is 2.22. The van der Waals surface area contributed by atoms with Gasteiger partial charge in [0.25, 0.3) is 5.91 Å². The summed E-state index contributed by atoms with van der Waals surface area (Å²) in [7, 11) is 0. The molecule has 0 unspecified atom stereocenters. The molecular weight excluding hydrogens is 292 g/mol. The highest BCUT2D eigenvalue weighted by atomic mass is 16.5. The maximum atomic E-state index is 12.5. The van der Waals surface area contributed by atoms with E-state index in [1.54, 1.807) is 30.3 Å². The fraction of sp³-hybridized carbons (Fsp3) is 0.278. The molecule has 1 amide bonds. The fourth-order valence-corrected chi connectivity index (χ4v) is 2.10. The van der Waals surface area contributed by atoms with Gasteiger partial charge < -0.3 is 20.5 Å². The van der Waals surface area contributed by atoms with Gasteiger partial charge in [0.15, 0.2) is 0 Å². The second-order valence-electron chi connectivity index (χ2n) is 5.07. The summed E-state index contributed by atoms with van der Waals surface area (Å²) in [6, 6.07) is 12.5. The van der Waals surface area contributed by atoms with Gasteiger partial charge in [0.1, 0.15) is 12.4 Å². The lowest BCUT2D eigenvalue weighted by Gasteiger charge is -2.13. The Balaban J connectivity index is 2.11. The van der Waals surface area contributed by atoms with Gasteiger partial charge in [-0.2, -0.15) is 0 Å². The van der Waals surface area contributed by atoms with Crippen molar-refractivity contribution in [2.45, 2.75) is 13.8 Å². The average molecular weight is 314 g/mol. The van der Waals surface area contributed by atoms with Crippen LogP contribution in [0, 0.1) is 6.92 Å². The summed E-state index contributed by atoms with van der Waals surface area (Å²) in [5.41, 5.74) is 8.50. The molecule has 0 fully saturated rings. The first-order valence-corrected chi connectivity index (χ1v) is 7.59. The van der Waals surface area contributed by atoms with Crippen molar-refractivity contribution in [3.63, 3.8) is 0 Å². The number of nitrogen functional groups attached to an aromatic ring is 1. The van der Waals surface area contributed by atoms with Crippen LogP contribution < -0.4 is 15.8 Å². The molecule has 0 radical (unpaired) electrons. The highest BCUT2D eigenvalue weighted by Gasteiger charge is 2.13. The quantitative estimate of drug-likeness (QED) is 0.608. The van der Waals surface area contributed by atoms with Crippen LogP contribution >= 0.6 is 0 Å². The molecule has 0 saturated heterocycles. The molecule has 0 aliphatic rings. The minimum atomic E-state index is -0.231. The largest absolute Gasteiger partial charge is 0.490 e. The zero-order valence-corrected chi connectivity index (χ0v) is 13.5. The Bertz CT molecular complexity index is 671. The van der Waals surface area contributed by atoms with Crippen LogP contribution in [0.4, 0.5) is 11.4 Å². The molecule has 0 bridgehead atoms. The molecule has 0 aromatic heterocycles. The SMILES string of the molecule is CCOCCOc1ccccc1C(=O)Nc1cc(N)ccc1C. The predicted molar refractivity (Wildman–Crippen MR) is 92.0 cm³/mol. The molecule has 0 aliphatic heterocycles. The molecule has 122 valence electrons. The Hall–Kier alpha value is -2.53. The number of para-hydroxylation sites is 1. The minimum absolute atomic E-state index is 0.231. The number of nitrogens with two attached hydrogens (primary N) is 1. The third-order valence-corrected chi connectivity index (χ3v) is 3.33.